The lowest BCUT2D eigenvalue weighted by Gasteiger charge is -2.19. The summed E-state index contributed by atoms with van der Waals surface area (Å²) >= 11 is 1.67. The highest BCUT2D eigenvalue weighted by molar-refractivity contribution is 7.13. The molecular formula is C18H18N2S. The molecule has 0 saturated carbocycles. The maximum Gasteiger partial charge on any atom is 0.123 e. The molecular weight excluding hydrogens is 276 g/mol. The SMILES string of the molecule is CCC(Nc1ccc(-c2nccs2)cc1)c1ccccc1. The molecule has 0 aliphatic carbocycles. The minimum absolute atomic E-state index is 0.344. The van der Waals surface area contributed by atoms with Crippen LogP contribution in [0.5, 0.6) is 0 Å². The van der Waals surface area contributed by atoms with Gasteiger partial charge in [-0.2, -0.15) is 0 Å². The second-order valence-corrected chi connectivity index (χ2v) is 5.83. The number of benzene rings is 2. The highest BCUT2D eigenvalue weighted by Crippen LogP contribution is 2.26. The van der Waals surface area contributed by atoms with Crippen LogP contribution in [0, 0.1) is 0 Å². The summed E-state index contributed by atoms with van der Waals surface area (Å²) in [5.74, 6) is 0. The first-order valence-corrected chi connectivity index (χ1v) is 8.06. The number of nitrogens with zero attached hydrogens (tertiary/aromatic N) is 1. The first kappa shape index (κ1) is 13.8. The summed E-state index contributed by atoms with van der Waals surface area (Å²) in [5, 5.41) is 6.67. The van der Waals surface area contributed by atoms with Crippen molar-refractivity contribution >= 4 is 17.0 Å². The number of anilines is 1. The summed E-state index contributed by atoms with van der Waals surface area (Å²) in [6.45, 7) is 2.20. The molecule has 0 bridgehead atoms. The molecule has 0 spiro atoms. The Bertz CT molecular complexity index is 660. The van der Waals surface area contributed by atoms with Gasteiger partial charge in [-0.05, 0) is 36.2 Å². The normalized spacial score (nSPS) is 12.0. The molecule has 1 N–H and O–H groups in total. The number of hydrogen-bond acceptors (Lipinski definition) is 3. The fraction of sp³-hybridized carbons (Fsp3) is 0.167. The van der Waals surface area contributed by atoms with Crippen LogP contribution in [0.2, 0.25) is 0 Å². The van der Waals surface area contributed by atoms with Gasteiger partial charge in [-0.1, -0.05) is 37.3 Å². The van der Waals surface area contributed by atoms with E-state index in [4.69, 9.17) is 0 Å². The van der Waals surface area contributed by atoms with Crippen LogP contribution in [0.1, 0.15) is 24.9 Å². The summed E-state index contributed by atoms with van der Waals surface area (Å²) in [6.07, 6.45) is 2.90. The smallest absolute Gasteiger partial charge is 0.123 e. The number of aromatic nitrogens is 1. The molecule has 0 radical (unpaired) electrons. The molecule has 0 aliphatic heterocycles. The standard InChI is InChI=1S/C18H18N2S/c1-2-17(14-6-4-3-5-7-14)20-16-10-8-15(9-11-16)18-19-12-13-21-18/h3-13,17,20H,2H2,1H3. The largest absolute Gasteiger partial charge is 0.378 e. The summed E-state index contributed by atoms with van der Waals surface area (Å²) in [7, 11) is 0. The van der Waals surface area contributed by atoms with E-state index in [1.54, 1.807) is 11.3 Å². The second-order valence-electron chi connectivity index (χ2n) is 4.93. The maximum absolute atomic E-state index is 4.34. The minimum atomic E-state index is 0.344. The lowest BCUT2D eigenvalue weighted by Crippen LogP contribution is -2.09. The van der Waals surface area contributed by atoms with Gasteiger partial charge in [-0.25, -0.2) is 4.98 Å². The van der Waals surface area contributed by atoms with Crippen molar-refractivity contribution < 1.29 is 0 Å². The molecule has 0 saturated heterocycles. The molecule has 106 valence electrons. The van der Waals surface area contributed by atoms with E-state index >= 15 is 0 Å². The van der Waals surface area contributed by atoms with Crippen molar-refractivity contribution in [2.75, 3.05) is 5.32 Å². The molecule has 0 fully saturated rings. The Morgan fingerprint density at radius 1 is 1.05 bits per heavy atom. The zero-order valence-electron chi connectivity index (χ0n) is 12.0. The van der Waals surface area contributed by atoms with Gasteiger partial charge in [-0.3, -0.25) is 0 Å². The average Bonchev–Trinajstić information content (AvgIpc) is 3.08. The second kappa shape index (κ2) is 6.55. The molecule has 1 unspecified atom stereocenters. The Labute approximate surface area is 129 Å². The zero-order valence-corrected chi connectivity index (χ0v) is 12.8. The Morgan fingerprint density at radius 2 is 1.81 bits per heavy atom. The van der Waals surface area contributed by atoms with Gasteiger partial charge in [-0.15, -0.1) is 11.3 Å². The Kier molecular flexibility index (Phi) is 4.31. The van der Waals surface area contributed by atoms with Crippen molar-refractivity contribution in [1.82, 2.24) is 4.98 Å². The van der Waals surface area contributed by atoms with Crippen LogP contribution >= 0.6 is 11.3 Å². The van der Waals surface area contributed by atoms with Gasteiger partial charge in [0.25, 0.3) is 0 Å². The molecule has 0 amide bonds. The topological polar surface area (TPSA) is 24.9 Å². The third-order valence-corrected chi connectivity index (χ3v) is 4.34. The Hall–Kier alpha value is -2.13. The van der Waals surface area contributed by atoms with Crippen LogP contribution in [-0.2, 0) is 0 Å². The molecule has 21 heavy (non-hydrogen) atoms. The third kappa shape index (κ3) is 3.31. The number of rotatable bonds is 5. The number of hydrogen-bond donors (Lipinski definition) is 1. The van der Waals surface area contributed by atoms with Crippen LogP contribution in [0.3, 0.4) is 0 Å². The monoisotopic (exact) mass is 294 g/mol. The van der Waals surface area contributed by atoms with Gasteiger partial charge in [0.2, 0.25) is 0 Å². The summed E-state index contributed by atoms with van der Waals surface area (Å²) < 4.78 is 0. The maximum atomic E-state index is 4.34. The van der Waals surface area contributed by atoms with Crippen LogP contribution in [0.15, 0.2) is 66.2 Å². The quantitative estimate of drug-likeness (QED) is 0.684. The predicted octanol–water partition coefficient (Wildman–Crippen LogP) is 5.37. The van der Waals surface area contributed by atoms with E-state index in [9.17, 15) is 0 Å². The van der Waals surface area contributed by atoms with Crippen molar-refractivity contribution in [1.29, 1.82) is 0 Å². The molecule has 3 heteroatoms. The first-order valence-electron chi connectivity index (χ1n) is 7.18. The van der Waals surface area contributed by atoms with Crippen molar-refractivity contribution in [3.8, 4) is 10.6 Å². The van der Waals surface area contributed by atoms with Crippen LogP contribution in [-0.4, -0.2) is 4.98 Å². The highest BCUT2D eigenvalue weighted by atomic mass is 32.1. The molecule has 3 rings (SSSR count). The van der Waals surface area contributed by atoms with Crippen molar-refractivity contribution in [2.45, 2.75) is 19.4 Å². The summed E-state index contributed by atoms with van der Waals surface area (Å²) in [6, 6.07) is 19.4. The highest BCUT2D eigenvalue weighted by Gasteiger charge is 2.08. The van der Waals surface area contributed by atoms with Gasteiger partial charge in [0.15, 0.2) is 0 Å². The number of thiazole rings is 1. The summed E-state index contributed by atoms with van der Waals surface area (Å²) in [5.41, 5.74) is 3.64. The molecule has 3 aromatic rings. The first-order chi connectivity index (χ1) is 10.4. The molecule has 1 aromatic heterocycles. The lowest BCUT2D eigenvalue weighted by molar-refractivity contribution is 0.749. The Morgan fingerprint density at radius 3 is 2.43 bits per heavy atom. The predicted molar refractivity (Wildman–Crippen MR) is 90.6 cm³/mol. The fourth-order valence-corrected chi connectivity index (χ4v) is 3.03. The van der Waals surface area contributed by atoms with E-state index in [-0.39, 0.29) is 0 Å². The minimum Gasteiger partial charge on any atom is -0.378 e. The van der Waals surface area contributed by atoms with E-state index < -0.39 is 0 Å². The van der Waals surface area contributed by atoms with Gasteiger partial charge >= 0.3 is 0 Å². The van der Waals surface area contributed by atoms with Gasteiger partial charge < -0.3 is 5.32 Å². The zero-order chi connectivity index (χ0) is 14.5. The summed E-state index contributed by atoms with van der Waals surface area (Å²) in [4.78, 5) is 4.34. The molecule has 2 aromatic carbocycles. The fourth-order valence-electron chi connectivity index (χ4n) is 2.38. The van der Waals surface area contributed by atoms with Gasteiger partial charge in [0, 0.05) is 22.8 Å². The van der Waals surface area contributed by atoms with E-state index in [0.29, 0.717) is 6.04 Å². The lowest BCUT2D eigenvalue weighted by atomic mass is 10.0. The molecule has 1 atom stereocenters. The molecule has 0 aliphatic rings. The van der Waals surface area contributed by atoms with Crippen LogP contribution in [0.4, 0.5) is 5.69 Å². The molecule has 1 heterocycles. The van der Waals surface area contributed by atoms with Crippen molar-refractivity contribution in [3.63, 3.8) is 0 Å². The third-order valence-electron chi connectivity index (χ3n) is 3.52. The van der Waals surface area contributed by atoms with Gasteiger partial charge in [0.05, 0.1) is 6.04 Å². The van der Waals surface area contributed by atoms with Crippen LogP contribution in [0.25, 0.3) is 10.6 Å². The average molecular weight is 294 g/mol. The van der Waals surface area contributed by atoms with Crippen molar-refractivity contribution in [3.05, 3.63) is 71.7 Å². The number of nitrogens with one attached hydrogen (secondary N) is 1. The van der Waals surface area contributed by atoms with E-state index in [2.05, 4.69) is 71.8 Å². The van der Waals surface area contributed by atoms with Crippen LogP contribution < -0.4 is 5.32 Å². The van der Waals surface area contributed by atoms with Crippen molar-refractivity contribution in [2.24, 2.45) is 0 Å². The van der Waals surface area contributed by atoms with E-state index in [1.807, 2.05) is 11.6 Å². The van der Waals surface area contributed by atoms with E-state index in [1.165, 1.54) is 11.1 Å². The molecule has 2 nitrogen and oxygen atoms in total. The van der Waals surface area contributed by atoms with Gasteiger partial charge in [0.1, 0.15) is 5.01 Å². The Balaban J connectivity index is 1.75. The van der Waals surface area contributed by atoms with E-state index in [0.717, 1.165) is 17.1 Å².